The zero-order valence-electron chi connectivity index (χ0n) is 13.3. The summed E-state index contributed by atoms with van der Waals surface area (Å²) in [5.41, 5.74) is 0. The molecule has 0 heterocycles. The summed E-state index contributed by atoms with van der Waals surface area (Å²) in [4.78, 5) is 2.21. The maximum absolute atomic E-state index is 12.8. The highest BCUT2D eigenvalue weighted by molar-refractivity contribution is 4.71. The average molecular weight is 297 g/mol. The monoisotopic (exact) mass is 297 g/mol. The molecule has 0 saturated carbocycles. The van der Waals surface area contributed by atoms with Crippen LogP contribution in [0.5, 0.6) is 0 Å². The number of ether oxygens (including phenoxy) is 1. The van der Waals surface area contributed by atoms with E-state index in [1.165, 1.54) is 0 Å². The number of alkyl halides is 3. The molecular weight excluding hydrogens is 267 g/mol. The first-order chi connectivity index (χ1) is 9.32. The van der Waals surface area contributed by atoms with Crippen molar-refractivity contribution in [2.75, 3.05) is 26.2 Å². The van der Waals surface area contributed by atoms with Crippen LogP contribution in [0, 0.1) is 5.92 Å². The Balaban J connectivity index is 4.18. The van der Waals surface area contributed by atoms with E-state index in [2.05, 4.69) is 18.7 Å². The maximum Gasteiger partial charge on any atom is 0.414 e. The molecule has 1 unspecified atom stereocenters. The van der Waals surface area contributed by atoms with Crippen molar-refractivity contribution in [1.29, 1.82) is 0 Å². The first kappa shape index (κ1) is 19.7. The molecule has 0 spiro atoms. The molecule has 0 aromatic carbocycles. The van der Waals surface area contributed by atoms with Gasteiger partial charge < -0.3 is 9.64 Å². The van der Waals surface area contributed by atoms with Crippen molar-refractivity contribution in [2.45, 2.75) is 65.7 Å². The predicted octanol–water partition coefficient (Wildman–Crippen LogP) is 4.49. The summed E-state index contributed by atoms with van der Waals surface area (Å²) >= 11 is 0. The second-order valence-electron chi connectivity index (χ2n) is 5.63. The van der Waals surface area contributed by atoms with E-state index >= 15 is 0 Å². The van der Waals surface area contributed by atoms with Gasteiger partial charge in [-0.25, -0.2) is 0 Å². The molecule has 0 aromatic heterocycles. The van der Waals surface area contributed by atoms with Gasteiger partial charge in [0.2, 0.25) is 0 Å². The highest BCUT2D eigenvalue weighted by atomic mass is 19.4. The fourth-order valence-electron chi connectivity index (χ4n) is 2.07. The van der Waals surface area contributed by atoms with Gasteiger partial charge in [-0.3, -0.25) is 0 Å². The number of hydrogen-bond acceptors (Lipinski definition) is 2. The van der Waals surface area contributed by atoms with Crippen molar-refractivity contribution in [3.8, 4) is 0 Å². The van der Waals surface area contributed by atoms with E-state index < -0.39 is 18.2 Å². The van der Waals surface area contributed by atoms with Crippen LogP contribution < -0.4 is 0 Å². The third-order valence-electron chi connectivity index (χ3n) is 3.29. The summed E-state index contributed by atoms with van der Waals surface area (Å²) in [7, 11) is 0. The topological polar surface area (TPSA) is 12.5 Å². The number of hydrogen-bond donors (Lipinski definition) is 0. The molecular formula is C15H30F3NO. The molecule has 0 fully saturated rings. The third-order valence-corrected chi connectivity index (χ3v) is 3.29. The zero-order valence-corrected chi connectivity index (χ0v) is 13.3. The number of nitrogens with zero attached hydrogens (tertiary/aromatic N) is 1. The van der Waals surface area contributed by atoms with Crippen LogP contribution in [0.2, 0.25) is 0 Å². The lowest BCUT2D eigenvalue weighted by Gasteiger charge is -2.27. The fraction of sp³-hybridized carbons (Fsp3) is 1.00. The third kappa shape index (κ3) is 8.80. The lowest BCUT2D eigenvalue weighted by Crippen LogP contribution is -2.39. The molecule has 0 radical (unpaired) electrons. The molecule has 122 valence electrons. The molecule has 2 nitrogen and oxygen atoms in total. The normalized spacial score (nSPS) is 14.2. The first-order valence-electron chi connectivity index (χ1n) is 7.73. The minimum absolute atomic E-state index is 0.149. The Hall–Kier alpha value is -0.290. The highest BCUT2D eigenvalue weighted by Crippen LogP contribution is 2.28. The molecule has 0 N–H and O–H groups in total. The lowest BCUT2D eigenvalue weighted by atomic mass is 10.1. The van der Waals surface area contributed by atoms with Crippen LogP contribution in [-0.4, -0.2) is 43.4 Å². The van der Waals surface area contributed by atoms with Crippen molar-refractivity contribution in [2.24, 2.45) is 5.92 Å². The molecule has 20 heavy (non-hydrogen) atoms. The van der Waals surface area contributed by atoms with Gasteiger partial charge in [-0.05, 0) is 31.8 Å². The molecule has 0 aliphatic rings. The summed E-state index contributed by atoms with van der Waals surface area (Å²) in [5.74, 6) is -0.547. The predicted molar refractivity (Wildman–Crippen MR) is 76.9 cm³/mol. The molecule has 0 amide bonds. The van der Waals surface area contributed by atoms with Gasteiger partial charge in [-0.2, -0.15) is 13.2 Å². The van der Waals surface area contributed by atoms with Crippen LogP contribution >= 0.6 is 0 Å². The van der Waals surface area contributed by atoms with Gasteiger partial charge in [-0.1, -0.05) is 40.5 Å². The maximum atomic E-state index is 12.8. The van der Waals surface area contributed by atoms with Crippen molar-refractivity contribution in [3.05, 3.63) is 0 Å². The summed E-state index contributed by atoms with van der Waals surface area (Å²) in [6, 6.07) is 0. The molecule has 0 saturated heterocycles. The van der Waals surface area contributed by atoms with Crippen molar-refractivity contribution in [1.82, 2.24) is 4.90 Å². The summed E-state index contributed by atoms with van der Waals surface area (Å²) < 4.78 is 43.4. The standard InChI is InChI=1S/C15H30F3NO/c1-5-7-9-19(10-8-6-2)11-12-20-14(13(3)4)15(16,17)18/h13-14H,5-12H2,1-4H3. The Kier molecular flexibility index (Phi) is 10.3. The van der Waals surface area contributed by atoms with Crippen molar-refractivity contribution < 1.29 is 17.9 Å². The number of unbranched alkanes of at least 4 members (excludes halogenated alkanes) is 2. The summed E-state index contributed by atoms with van der Waals surface area (Å²) in [6.45, 7) is 9.94. The van der Waals surface area contributed by atoms with Crippen LogP contribution in [0.4, 0.5) is 13.2 Å². The summed E-state index contributed by atoms with van der Waals surface area (Å²) in [6.07, 6.45) is -1.57. The molecule has 0 aliphatic carbocycles. The van der Waals surface area contributed by atoms with E-state index in [0.717, 1.165) is 38.8 Å². The Morgan fingerprint density at radius 2 is 1.45 bits per heavy atom. The van der Waals surface area contributed by atoms with Gasteiger partial charge in [0.05, 0.1) is 6.61 Å². The van der Waals surface area contributed by atoms with E-state index in [1.807, 2.05) is 0 Å². The molecule has 0 bridgehead atoms. The molecule has 0 aliphatic heterocycles. The first-order valence-corrected chi connectivity index (χ1v) is 7.73. The van der Waals surface area contributed by atoms with Gasteiger partial charge in [0.25, 0.3) is 0 Å². The Bertz CT molecular complexity index is 224. The van der Waals surface area contributed by atoms with Crippen LogP contribution in [0.15, 0.2) is 0 Å². The largest absolute Gasteiger partial charge is 0.414 e. The Labute approximate surface area is 121 Å². The fourth-order valence-corrected chi connectivity index (χ4v) is 2.07. The smallest absolute Gasteiger partial charge is 0.367 e. The van der Waals surface area contributed by atoms with E-state index in [0.29, 0.717) is 6.54 Å². The minimum Gasteiger partial charge on any atom is -0.367 e. The number of halogens is 3. The van der Waals surface area contributed by atoms with Crippen molar-refractivity contribution >= 4 is 0 Å². The molecule has 1 atom stereocenters. The number of rotatable bonds is 11. The second-order valence-corrected chi connectivity index (χ2v) is 5.63. The minimum atomic E-state index is -4.27. The van der Waals surface area contributed by atoms with Crippen LogP contribution in [-0.2, 0) is 4.74 Å². The zero-order chi connectivity index (χ0) is 15.6. The van der Waals surface area contributed by atoms with E-state index in [1.54, 1.807) is 13.8 Å². The molecule has 0 aromatic rings. The second kappa shape index (κ2) is 10.4. The highest BCUT2D eigenvalue weighted by Gasteiger charge is 2.42. The molecule has 0 rings (SSSR count). The van der Waals surface area contributed by atoms with E-state index in [-0.39, 0.29) is 6.61 Å². The summed E-state index contributed by atoms with van der Waals surface area (Å²) in [5, 5.41) is 0. The van der Waals surface area contributed by atoms with Crippen LogP contribution in [0.25, 0.3) is 0 Å². The van der Waals surface area contributed by atoms with E-state index in [4.69, 9.17) is 4.74 Å². The van der Waals surface area contributed by atoms with Gasteiger partial charge >= 0.3 is 6.18 Å². The Morgan fingerprint density at radius 3 is 1.80 bits per heavy atom. The van der Waals surface area contributed by atoms with E-state index in [9.17, 15) is 13.2 Å². The average Bonchev–Trinajstić information content (AvgIpc) is 2.34. The van der Waals surface area contributed by atoms with Crippen molar-refractivity contribution in [3.63, 3.8) is 0 Å². The Morgan fingerprint density at radius 1 is 0.950 bits per heavy atom. The van der Waals surface area contributed by atoms with Crippen LogP contribution in [0.1, 0.15) is 53.4 Å². The van der Waals surface area contributed by atoms with Gasteiger partial charge in [0, 0.05) is 6.54 Å². The van der Waals surface area contributed by atoms with Gasteiger partial charge in [0.1, 0.15) is 0 Å². The quantitative estimate of drug-likeness (QED) is 0.557. The van der Waals surface area contributed by atoms with Gasteiger partial charge in [-0.15, -0.1) is 0 Å². The van der Waals surface area contributed by atoms with Crippen LogP contribution in [0.3, 0.4) is 0 Å². The van der Waals surface area contributed by atoms with Gasteiger partial charge in [0.15, 0.2) is 6.10 Å². The SMILES string of the molecule is CCCCN(CCCC)CCOC(C(C)C)C(F)(F)F. The lowest BCUT2D eigenvalue weighted by molar-refractivity contribution is -0.233. The molecule has 5 heteroatoms.